The van der Waals surface area contributed by atoms with Crippen LogP contribution in [0.25, 0.3) is 0 Å². The van der Waals surface area contributed by atoms with Crippen molar-refractivity contribution in [3.05, 3.63) is 35.4 Å². The second kappa shape index (κ2) is 8.98. The predicted octanol–water partition coefficient (Wildman–Crippen LogP) is 5.38. The van der Waals surface area contributed by atoms with Gasteiger partial charge in [0.25, 0.3) is 0 Å². The molecule has 0 aliphatic rings. The Bertz CT molecular complexity index is 513. The SMILES string of the molecule is CCN(CC)C(c1ccccc1C)P(=O)(OC(C)C)OC(C)C. The average Bonchev–Trinajstić information content (AvgIpc) is 2.43. The van der Waals surface area contributed by atoms with Crippen LogP contribution in [-0.4, -0.2) is 30.2 Å². The molecule has 1 aromatic carbocycles. The predicted molar refractivity (Wildman–Crippen MR) is 96.9 cm³/mol. The Morgan fingerprint density at radius 3 is 1.87 bits per heavy atom. The van der Waals surface area contributed by atoms with Crippen molar-refractivity contribution in [2.75, 3.05) is 13.1 Å². The van der Waals surface area contributed by atoms with Gasteiger partial charge in [-0.25, -0.2) is 0 Å². The third-order valence-electron chi connectivity index (χ3n) is 3.64. The van der Waals surface area contributed by atoms with Crippen molar-refractivity contribution in [3.63, 3.8) is 0 Å². The Balaban J connectivity index is 3.45. The fourth-order valence-corrected chi connectivity index (χ4v) is 5.55. The first-order valence-electron chi connectivity index (χ1n) is 8.51. The van der Waals surface area contributed by atoms with E-state index in [4.69, 9.17) is 9.05 Å². The zero-order valence-corrected chi connectivity index (χ0v) is 16.5. The van der Waals surface area contributed by atoms with Gasteiger partial charge in [0.05, 0.1) is 12.2 Å². The van der Waals surface area contributed by atoms with Crippen LogP contribution < -0.4 is 0 Å². The third kappa shape index (κ3) is 5.42. The molecule has 0 spiro atoms. The van der Waals surface area contributed by atoms with Gasteiger partial charge in [-0.2, -0.15) is 0 Å². The molecule has 1 unspecified atom stereocenters. The molecule has 23 heavy (non-hydrogen) atoms. The molecule has 1 aromatic rings. The van der Waals surface area contributed by atoms with Crippen LogP contribution >= 0.6 is 7.60 Å². The summed E-state index contributed by atoms with van der Waals surface area (Å²) in [6.07, 6.45) is -0.330. The summed E-state index contributed by atoms with van der Waals surface area (Å²) >= 11 is 0. The minimum absolute atomic E-state index is 0.165. The Labute approximate surface area is 141 Å². The van der Waals surface area contributed by atoms with Crippen LogP contribution in [0.4, 0.5) is 0 Å². The van der Waals surface area contributed by atoms with Gasteiger partial charge >= 0.3 is 7.60 Å². The topological polar surface area (TPSA) is 38.8 Å². The largest absolute Gasteiger partial charge is 0.352 e. The molecular formula is C18H32NO3P. The van der Waals surface area contributed by atoms with E-state index in [1.165, 1.54) is 0 Å². The van der Waals surface area contributed by atoms with Crippen molar-refractivity contribution < 1.29 is 13.6 Å². The minimum Gasteiger partial charge on any atom is -0.304 e. The molecule has 0 saturated carbocycles. The summed E-state index contributed by atoms with van der Waals surface area (Å²) in [6.45, 7) is 15.3. The van der Waals surface area contributed by atoms with Crippen molar-refractivity contribution in [2.24, 2.45) is 0 Å². The maximum Gasteiger partial charge on any atom is 0.352 e. The summed E-state index contributed by atoms with van der Waals surface area (Å²) in [5, 5.41) is 0. The molecule has 1 atom stereocenters. The maximum absolute atomic E-state index is 13.8. The lowest BCUT2D eigenvalue weighted by Gasteiger charge is -2.37. The molecule has 0 bridgehead atoms. The Morgan fingerprint density at radius 1 is 1.00 bits per heavy atom. The van der Waals surface area contributed by atoms with Gasteiger partial charge in [-0.15, -0.1) is 0 Å². The van der Waals surface area contributed by atoms with Crippen LogP contribution in [0.5, 0.6) is 0 Å². The fraction of sp³-hybridized carbons (Fsp3) is 0.667. The van der Waals surface area contributed by atoms with Crippen molar-refractivity contribution in [3.8, 4) is 0 Å². The van der Waals surface area contributed by atoms with E-state index in [0.717, 1.165) is 24.2 Å². The van der Waals surface area contributed by atoms with Crippen LogP contribution in [0.15, 0.2) is 24.3 Å². The Kier molecular flexibility index (Phi) is 7.96. The molecular weight excluding hydrogens is 309 g/mol. The number of nitrogens with zero attached hydrogens (tertiary/aromatic N) is 1. The molecule has 0 aromatic heterocycles. The van der Waals surface area contributed by atoms with Crippen LogP contribution in [0.1, 0.15) is 58.5 Å². The standard InChI is InChI=1S/C18H32NO3P/c1-8-19(9-2)18(17-13-11-10-12-16(17)7)23(20,21-14(3)4)22-15(5)6/h10-15,18H,8-9H2,1-7H3. The van der Waals surface area contributed by atoms with Crippen molar-refractivity contribution >= 4 is 7.60 Å². The molecule has 0 N–H and O–H groups in total. The molecule has 0 amide bonds. The number of aryl methyl sites for hydroxylation is 1. The highest BCUT2D eigenvalue weighted by atomic mass is 31.2. The summed E-state index contributed by atoms with van der Waals surface area (Å²) in [4.78, 5) is 2.16. The fourth-order valence-electron chi connectivity index (χ4n) is 2.74. The van der Waals surface area contributed by atoms with Gasteiger partial charge < -0.3 is 9.05 Å². The molecule has 4 nitrogen and oxygen atoms in total. The lowest BCUT2D eigenvalue weighted by molar-refractivity contribution is 0.114. The van der Waals surface area contributed by atoms with E-state index in [9.17, 15) is 4.57 Å². The molecule has 0 saturated heterocycles. The smallest absolute Gasteiger partial charge is 0.304 e. The number of rotatable bonds is 9. The minimum atomic E-state index is -3.35. The van der Waals surface area contributed by atoms with Crippen LogP contribution in [0.3, 0.4) is 0 Å². The van der Waals surface area contributed by atoms with E-state index >= 15 is 0 Å². The van der Waals surface area contributed by atoms with Crippen LogP contribution in [-0.2, 0) is 13.6 Å². The summed E-state index contributed by atoms with van der Waals surface area (Å²) < 4.78 is 25.6. The molecule has 0 fully saturated rings. The second-order valence-electron chi connectivity index (χ2n) is 6.30. The summed E-state index contributed by atoms with van der Waals surface area (Å²) in [7, 11) is -3.35. The van der Waals surface area contributed by atoms with E-state index in [2.05, 4.69) is 18.7 Å². The normalized spacial score (nSPS) is 14.0. The molecule has 5 heteroatoms. The monoisotopic (exact) mass is 341 g/mol. The van der Waals surface area contributed by atoms with Gasteiger partial charge in [0, 0.05) is 0 Å². The van der Waals surface area contributed by atoms with Gasteiger partial charge in [-0.05, 0) is 58.8 Å². The molecule has 0 heterocycles. The highest BCUT2D eigenvalue weighted by molar-refractivity contribution is 7.54. The first-order chi connectivity index (χ1) is 10.7. The first-order valence-corrected chi connectivity index (χ1v) is 10.1. The third-order valence-corrected chi connectivity index (χ3v) is 6.27. The first kappa shape index (κ1) is 20.4. The second-order valence-corrected chi connectivity index (χ2v) is 8.29. The molecule has 0 aliphatic carbocycles. The van der Waals surface area contributed by atoms with E-state index in [1.807, 2.05) is 58.9 Å². The summed E-state index contributed by atoms with van der Waals surface area (Å²) in [5.41, 5.74) is 2.12. The number of hydrogen-bond acceptors (Lipinski definition) is 4. The highest BCUT2D eigenvalue weighted by Gasteiger charge is 2.42. The quantitative estimate of drug-likeness (QED) is 0.565. The zero-order chi connectivity index (χ0) is 17.6. The Hall–Kier alpha value is -0.670. The van der Waals surface area contributed by atoms with Crippen LogP contribution in [0, 0.1) is 6.92 Å². The molecule has 132 valence electrons. The van der Waals surface area contributed by atoms with E-state index in [1.54, 1.807) is 0 Å². The van der Waals surface area contributed by atoms with Gasteiger partial charge in [-0.3, -0.25) is 9.46 Å². The van der Waals surface area contributed by atoms with Crippen molar-refractivity contribution in [2.45, 2.75) is 66.5 Å². The lowest BCUT2D eigenvalue weighted by atomic mass is 10.1. The molecule has 0 radical (unpaired) electrons. The molecule has 1 rings (SSSR count). The van der Waals surface area contributed by atoms with E-state index in [0.29, 0.717) is 0 Å². The van der Waals surface area contributed by atoms with Gasteiger partial charge in [0.2, 0.25) is 0 Å². The van der Waals surface area contributed by atoms with Crippen molar-refractivity contribution in [1.29, 1.82) is 0 Å². The maximum atomic E-state index is 13.8. The zero-order valence-electron chi connectivity index (χ0n) is 15.6. The van der Waals surface area contributed by atoms with E-state index in [-0.39, 0.29) is 18.0 Å². The van der Waals surface area contributed by atoms with Crippen LogP contribution in [0.2, 0.25) is 0 Å². The number of hydrogen-bond donors (Lipinski definition) is 0. The summed E-state index contributed by atoms with van der Waals surface area (Å²) in [6, 6.07) is 8.04. The van der Waals surface area contributed by atoms with E-state index < -0.39 is 7.60 Å². The Morgan fingerprint density at radius 2 is 1.48 bits per heavy atom. The van der Waals surface area contributed by atoms with Gasteiger partial charge in [0.15, 0.2) is 0 Å². The number of benzene rings is 1. The molecule has 0 aliphatic heterocycles. The van der Waals surface area contributed by atoms with Gasteiger partial charge in [-0.1, -0.05) is 38.1 Å². The average molecular weight is 341 g/mol. The highest BCUT2D eigenvalue weighted by Crippen LogP contribution is 2.64. The van der Waals surface area contributed by atoms with Gasteiger partial charge in [0.1, 0.15) is 5.78 Å². The van der Waals surface area contributed by atoms with Crippen molar-refractivity contribution in [1.82, 2.24) is 4.90 Å². The summed E-state index contributed by atoms with van der Waals surface area (Å²) in [5.74, 6) is -0.386. The lowest BCUT2D eigenvalue weighted by Crippen LogP contribution is -2.31.